The molecular weight excluding hydrogens is 206 g/mol. The highest BCUT2D eigenvalue weighted by atomic mass is 16.4. The zero-order valence-electron chi connectivity index (χ0n) is 10.6. The van der Waals surface area contributed by atoms with Gasteiger partial charge in [-0.3, -0.25) is 9.59 Å². The summed E-state index contributed by atoms with van der Waals surface area (Å²) < 4.78 is 0. The first kappa shape index (κ1) is 13.0. The van der Waals surface area contributed by atoms with Gasteiger partial charge in [0.05, 0.1) is 5.41 Å². The Morgan fingerprint density at radius 1 is 1.25 bits per heavy atom. The molecular formula is C12H21NO3. The van der Waals surface area contributed by atoms with Crippen LogP contribution >= 0.6 is 0 Å². The maximum Gasteiger partial charge on any atom is 0.311 e. The molecule has 1 amide bonds. The number of hydrogen-bond acceptors (Lipinski definition) is 2. The van der Waals surface area contributed by atoms with Gasteiger partial charge in [-0.2, -0.15) is 0 Å². The van der Waals surface area contributed by atoms with Crippen LogP contribution < -0.4 is 5.32 Å². The van der Waals surface area contributed by atoms with Crippen LogP contribution in [0.4, 0.5) is 0 Å². The van der Waals surface area contributed by atoms with Gasteiger partial charge in [0, 0.05) is 11.5 Å². The van der Waals surface area contributed by atoms with Crippen molar-refractivity contribution in [1.82, 2.24) is 5.32 Å². The Morgan fingerprint density at radius 3 is 2.00 bits per heavy atom. The van der Waals surface area contributed by atoms with Gasteiger partial charge in [0.1, 0.15) is 0 Å². The number of aliphatic carboxylic acids is 1. The summed E-state index contributed by atoms with van der Waals surface area (Å²) in [4.78, 5) is 22.9. The topological polar surface area (TPSA) is 66.4 Å². The summed E-state index contributed by atoms with van der Waals surface area (Å²) in [6, 6.07) is 0. The molecule has 1 fully saturated rings. The predicted octanol–water partition coefficient (Wildman–Crippen LogP) is 1.65. The van der Waals surface area contributed by atoms with Crippen molar-refractivity contribution in [2.75, 3.05) is 0 Å². The molecule has 0 spiro atoms. The van der Waals surface area contributed by atoms with Gasteiger partial charge < -0.3 is 10.4 Å². The molecule has 4 nitrogen and oxygen atoms in total. The Morgan fingerprint density at radius 2 is 1.69 bits per heavy atom. The first-order valence-corrected chi connectivity index (χ1v) is 5.65. The van der Waals surface area contributed by atoms with E-state index in [1.54, 1.807) is 27.7 Å². The van der Waals surface area contributed by atoms with E-state index in [0.29, 0.717) is 5.92 Å². The Labute approximate surface area is 96.4 Å². The molecule has 2 atom stereocenters. The molecule has 0 aromatic carbocycles. The van der Waals surface area contributed by atoms with Crippen LogP contribution in [0.2, 0.25) is 0 Å². The average Bonchev–Trinajstić information content (AvgIpc) is 2.81. The van der Waals surface area contributed by atoms with E-state index in [-0.39, 0.29) is 11.8 Å². The number of rotatable bonds is 4. The Kier molecular flexibility index (Phi) is 3.05. The average molecular weight is 227 g/mol. The first-order chi connectivity index (χ1) is 7.09. The Bertz CT molecular complexity index is 320. The van der Waals surface area contributed by atoms with E-state index in [4.69, 9.17) is 5.11 Å². The minimum absolute atomic E-state index is 0.0215. The molecule has 0 aromatic rings. The highest BCUT2D eigenvalue weighted by Crippen LogP contribution is 2.39. The second kappa shape index (κ2) is 3.75. The van der Waals surface area contributed by atoms with Crippen LogP contribution in [0, 0.1) is 17.3 Å². The molecule has 1 rings (SSSR count). The van der Waals surface area contributed by atoms with Gasteiger partial charge in [-0.25, -0.2) is 0 Å². The Balaban J connectivity index is 2.71. The van der Waals surface area contributed by atoms with Crippen molar-refractivity contribution in [1.29, 1.82) is 0 Å². The minimum atomic E-state index is -0.985. The smallest absolute Gasteiger partial charge is 0.311 e. The second-order valence-corrected chi connectivity index (χ2v) is 5.86. The number of carbonyl (C=O) groups excluding carboxylic acids is 1. The normalized spacial score (nSPS) is 25.1. The molecule has 1 saturated carbocycles. The van der Waals surface area contributed by atoms with Crippen molar-refractivity contribution < 1.29 is 14.7 Å². The molecule has 0 heterocycles. The fraction of sp³-hybridized carbons (Fsp3) is 0.833. The van der Waals surface area contributed by atoms with Crippen LogP contribution in [-0.4, -0.2) is 22.5 Å². The van der Waals surface area contributed by atoms with Crippen molar-refractivity contribution in [3.05, 3.63) is 0 Å². The van der Waals surface area contributed by atoms with Crippen LogP contribution in [0.5, 0.6) is 0 Å². The molecule has 4 heteroatoms. The van der Waals surface area contributed by atoms with Crippen molar-refractivity contribution in [3.63, 3.8) is 0 Å². The van der Waals surface area contributed by atoms with Crippen LogP contribution in [0.25, 0.3) is 0 Å². The van der Waals surface area contributed by atoms with Gasteiger partial charge in [-0.15, -0.1) is 0 Å². The summed E-state index contributed by atoms with van der Waals surface area (Å²) >= 11 is 0. The van der Waals surface area contributed by atoms with E-state index >= 15 is 0 Å². The van der Waals surface area contributed by atoms with E-state index in [1.165, 1.54) is 0 Å². The van der Waals surface area contributed by atoms with E-state index < -0.39 is 16.9 Å². The van der Waals surface area contributed by atoms with Crippen molar-refractivity contribution in [2.24, 2.45) is 17.3 Å². The largest absolute Gasteiger partial charge is 0.481 e. The molecule has 0 radical (unpaired) electrons. The summed E-state index contributed by atoms with van der Waals surface area (Å²) in [5.41, 5.74) is -1.74. The molecule has 2 N–H and O–H groups in total. The van der Waals surface area contributed by atoms with Crippen LogP contribution in [0.3, 0.4) is 0 Å². The molecule has 0 bridgehead atoms. The standard InChI is InChI=1S/C12H21NO3/c1-7-6-8(7)9(14)13-12(4,5)11(2,3)10(15)16/h7-8H,6H2,1-5H3,(H,13,14)(H,15,16)/t7-,8-/m0/s1. The Hall–Kier alpha value is -1.06. The highest BCUT2D eigenvalue weighted by molar-refractivity contribution is 5.84. The lowest BCUT2D eigenvalue weighted by molar-refractivity contribution is -0.151. The molecule has 1 aliphatic rings. The zero-order chi connectivity index (χ0) is 12.7. The second-order valence-electron chi connectivity index (χ2n) is 5.86. The third-order valence-electron chi connectivity index (χ3n) is 3.98. The summed E-state index contributed by atoms with van der Waals surface area (Å²) in [5, 5.41) is 12.0. The van der Waals surface area contributed by atoms with Gasteiger partial charge in [-0.05, 0) is 40.0 Å². The molecule has 1 aliphatic carbocycles. The van der Waals surface area contributed by atoms with E-state index in [0.717, 1.165) is 6.42 Å². The number of carbonyl (C=O) groups is 2. The van der Waals surface area contributed by atoms with Crippen molar-refractivity contribution in [2.45, 2.75) is 46.6 Å². The number of carboxylic acids is 1. The van der Waals surface area contributed by atoms with Gasteiger partial charge in [0.2, 0.25) is 5.91 Å². The SMILES string of the molecule is C[C@H]1C[C@@H]1C(=O)NC(C)(C)C(C)(C)C(=O)O. The fourth-order valence-electron chi connectivity index (χ4n) is 1.51. The van der Waals surface area contributed by atoms with Crippen LogP contribution in [0.1, 0.15) is 41.0 Å². The zero-order valence-corrected chi connectivity index (χ0v) is 10.6. The van der Waals surface area contributed by atoms with Gasteiger partial charge in [0.15, 0.2) is 0 Å². The maximum absolute atomic E-state index is 11.8. The predicted molar refractivity (Wildman–Crippen MR) is 60.9 cm³/mol. The van der Waals surface area contributed by atoms with E-state index in [9.17, 15) is 9.59 Å². The third-order valence-corrected chi connectivity index (χ3v) is 3.98. The summed E-state index contributed by atoms with van der Waals surface area (Å²) in [6.45, 7) is 8.80. The number of hydrogen-bond donors (Lipinski definition) is 2. The van der Waals surface area contributed by atoms with E-state index in [1.807, 2.05) is 6.92 Å². The third kappa shape index (κ3) is 2.20. The van der Waals surface area contributed by atoms with Gasteiger partial charge >= 0.3 is 5.97 Å². The lowest BCUT2D eigenvalue weighted by Crippen LogP contribution is -2.57. The number of carboxylic acid groups (broad SMARTS) is 1. The molecule has 16 heavy (non-hydrogen) atoms. The summed E-state index contributed by atoms with van der Waals surface area (Å²) in [5.74, 6) is -0.416. The van der Waals surface area contributed by atoms with Gasteiger partial charge in [-0.1, -0.05) is 6.92 Å². The number of amides is 1. The minimum Gasteiger partial charge on any atom is -0.481 e. The lowest BCUT2D eigenvalue weighted by atomic mass is 9.74. The van der Waals surface area contributed by atoms with Crippen LogP contribution in [0.15, 0.2) is 0 Å². The maximum atomic E-state index is 11.8. The molecule has 0 unspecified atom stereocenters. The lowest BCUT2D eigenvalue weighted by Gasteiger charge is -2.38. The van der Waals surface area contributed by atoms with E-state index in [2.05, 4.69) is 5.32 Å². The fourth-order valence-corrected chi connectivity index (χ4v) is 1.51. The monoisotopic (exact) mass is 227 g/mol. The van der Waals surface area contributed by atoms with Crippen LogP contribution in [-0.2, 0) is 9.59 Å². The summed E-state index contributed by atoms with van der Waals surface area (Å²) in [6.07, 6.45) is 0.912. The molecule has 0 aromatic heterocycles. The number of nitrogens with one attached hydrogen (secondary N) is 1. The molecule has 0 aliphatic heterocycles. The van der Waals surface area contributed by atoms with Crippen molar-refractivity contribution in [3.8, 4) is 0 Å². The quantitative estimate of drug-likeness (QED) is 0.767. The highest BCUT2D eigenvalue weighted by Gasteiger charge is 2.47. The molecule has 0 saturated heterocycles. The first-order valence-electron chi connectivity index (χ1n) is 5.65. The molecule has 92 valence electrons. The summed E-state index contributed by atoms with van der Waals surface area (Å²) in [7, 11) is 0. The van der Waals surface area contributed by atoms with Gasteiger partial charge in [0.25, 0.3) is 0 Å². The van der Waals surface area contributed by atoms with Crippen molar-refractivity contribution >= 4 is 11.9 Å².